The minimum atomic E-state index is -0.288. The highest BCUT2D eigenvalue weighted by molar-refractivity contribution is 5.91. The van der Waals surface area contributed by atoms with Crippen molar-refractivity contribution in [1.29, 1.82) is 5.26 Å². The number of carbonyl (C=O) groups excluding carboxylic acids is 1. The molecule has 1 saturated heterocycles. The van der Waals surface area contributed by atoms with Gasteiger partial charge in [-0.15, -0.1) is 0 Å². The Bertz CT molecular complexity index is 844. The summed E-state index contributed by atoms with van der Waals surface area (Å²) in [5.74, 6) is 1.38. The summed E-state index contributed by atoms with van der Waals surface area (Å²) < 4.78 is 5.58. The van der Waals surface area contributed by atoms with Gasteiger partial charge in [0.2, 0.25) is 11.8 Å². The summed E-state index contributed by atoms with van der Waals surface area (Å²) in [6, 6.07) is 10.4. The van der Waals surface area contributed by atoms with E-state index in [9.17, 15) is 4.79 Å². The van der Waals surface area contributed by atoms with Crippen LogP contribution in [0.15, 0.2) is 30.3 Å². The van der Waals surface area contributed by atoms with Gasteiger partial charge < -0.3 is 15.0 Å². The van der Waals surface area contributed by atoms with Gasteiger partial charge in [0.05, 0.1) is 11.6 Å². The zero-order valence-electron chi connectivity index (χ0n) is 15.6. The van der Waals surface area contributed by atoms with Gasteiger partial charge in [-0.1, -0.05) is 6.92 Å². The molecule has 0 aliphatic carbocycles. The first-order chi connectivity index (χ1) is 13.0. The molecule has 1 N–H and O–H groups in total. The summed E-state index contributed by atoms with van der Waals surface area (Å²) in [7, 11) is 0. The van der Waals surface area contributed by atoms with E-state index in [-0.39, 0.29) is 12.5 Å². The van der Waals surface area contributed by atoms with Gasteiger partial charge in [0.1, 0.15) is 0 Å². The molecule has 1 aliphatic rings. The Morgan fingerprint density at radius 1 is 1.37 bits per heavy atom. The fourth-order valence-corrected chi connectivity index (χ4v) is 3.08. The lowest BCUT2D eigenvalue weighted by Gasteiger charge is -2.31. The highest BCUT2D eigenvalue weighted by Gasteiger charge is 2.19. The van der Waals surface area contributed by atoms with Crippen LogP contribution in [0.3, 0.4) is 0 Å². The SMILES string of the molecule is Cc1cc(OCC(=O)Nc2ccc(C#N)cc2)nc(N2CCC[C@H](C)C2)n1. The average molecular weight is 365 g/mol. The number of nitriles is 1. The van der Waals surface area contributed by atoms with E-state index in [1.54, 1.807) is 30.3 Å². The normalized spacial score (nSPS) is 16.5. The zero-order chi connectivity index (χ0) is 19.2. The summed E-state index contributed by atoms with van der Waals surface area (Å²) in [6.07, 6.45) is 2.35. The lowest BCUT2D eigenvalue weighted by atomic mass is 10.0. The predicted octanol–water partition coefficient (Wildman–Crippen LogP) is 2.91. The van der Waals surface area contributed by atoms with Crippen LogP contribution >= 0.6 is 0 Å². The number of nitrogens with one attached hydrogen (secondary N) is 1. The zero-order valence-corrected chi connectivity index (χ0v) is 15.6. The molecule has 1 amide bonds. The Balaban J connectivity index is 1.60. The van der Waals surface area contributed by atoms with Crippen LogP contribution in [-0.4, -0.2) is 35.6 Å². The van der Waals surface area contributed by atoms with Crippen LogP contribution < -0.4 is 15.0 Å². The van der Waals surface area contributed by atoms with E-state index >= 15 is 0 Å². The first-order valence-corrected chi connectivity index (χ1v) is 9.07. The van der Waals surface area contributed by atoms with Gasteiger partial charge in [0.25, 0.3) is 5.91 Å². The third kappa shape index (κ3) is 5.17. The smallest absolute Gasteiger partial charge is 0.262 e. The minimum Gasteiger partial charge on any atom is -0.467 e. The predicted molar refractivity (Wildman–Crippen MR) is 103 cm³/mol. The number of piperidine rings is 1. The van der Waals surface area contributed by atoms with Crippen molar-refractivity contribution >= 4 is 17.5 Å². The molecule has 0 radical (unpaired) electrons. The third-order valence-corrected chi connectivity index (χ3v) is 4.41. The van der Waals surface area contributed by atoms with E-state index in [0.29, 0.717) is 29.0 Å². The molecule has 1 atom stereocenters. The Kier molecular flexibility index (Phi) is 5.87. The highest BCUT2D eigenvalue weighted by Crippen LogP contribution is 2.22. The monoisotopic (exact) mass is 365 g/mol. The second-order valence-electron chi connectivity index (χ2n) is 6.87. The molecule has 2 heterocycles. The maximum absolute atomic E-state index is 12.1. The molecule has 140 valence electrons. The number of hydrogen-bond donors (Lipinski definition) is 1. The number of amides is 1. The van der Waals surface area contributed by atoms with E-state index in [1.165, 1.54) is 6.42 Å². The molecule has 1 fully saturated rings. The van der Waals surface area contributed by atoms with Crippen molar-refractivity contribution in [3.63, 3.8) is 0 Å². The fourth-order valence-electron chi connectivity index (χ4n) is 3.08. The summed E-state index contributed by atoms with van der Waals surface area (Å²) in [6.45, 7) is 5.84. The van der Waals surface area contributed by atoms with Crippen molar-refractivity contribution in [2.24, 2.45) is 5.92 Å². The summed E-state index contributed by atoms with van der Waals surface area (Å²) in [5, 5.41) is 11.5. The molecule has 0 unspecified atom stereocenters. The van der Waals surface area contributed by atoms with Crippen molar-refractivity contribution in [3.8, 4) is 11.9 Å². The molecule has 1 aliphatic heterocycles. The van der Waals surface area contributed by atoms with Gasteiger partial charge in [0.15, 0.2) is 6.61 Å². The molecule has 2 aromatic rings. The summed E-state index contributed by atoms with van der Waals surface area (Å²) >= 11 is 0. The number of aryl methyl sites for hydroxylation is 1. The van der Waals surface area contributed by atoms with Crippen LogP contribution in [0.5, 0.6) is 5.88 Å². The van der Waals surface area contributed by atoms with Crippen LogP contribution in [0.4, 0.5) is 11.6 Å². The molecule has 27 heavy (non-hydrogen) atoms. The average Bonchev–Trinajstić information content (AvgIpc) is 2.66. The first kappa shape index (κ1) is 18.6. The molecule has 3 rings (SSSR count). The van der Waals surface area contributed by atoms with E-state index in [1.807, 2.05) is 13.0 Å². The second-order valence-corrected chi connectivity index (χ2v) is 6.87. The summed E-state index contributed by atoms with van der Waals surface area (Å²) in [5.41, 5.74) is 1.96. The van der Waals surface area contributed by atoms with Crippen molar-refractivity contribution < 1.29 is 9.53 Å². The molecule has 1 aromatic heterocycles. The lowest BCUT2D eigenvalue weighted by Crippen LogP contribution is -2.35. The second kappa shape index (κ2) is 8.49. The maximum Gasteiger partial charge on any atom is 0.262 e. The fraction of sp³-hybridized carbons (Fsp3) is 0.400. The minimum absolute atomic E-state index is 0.147. The largest absolute Gasteiger partial charge is 0.467 e. The Hall–Kier alpha value is -3.14. The van der Waals surface area contributed by atoms with E-state index in [0.717, 1.165) is 25.2 Å². The number of ether oxygens (including phenoxy) is 1. The maximum atomic E-state index is 12.1. The molecule has 0 bridgehead atoms. The number of hydrogen-bond acceptors (Lipinski definition) is 6. The van der Waals surface area contributed by atoms with Crippen molar-refractivity contribution in [2.45, 2.75) is 26.7 Å². The van der Waals surface area contributed by atoms with Crippen LogP contribution in [-0.2, 0) is 4.79 Å². The molecule has 7 nitrogen and oxygen atoms in total. The molecule has 0 saturated carbocycles. The Labute approximate surface area is 159 Å². The van der Waals surface area contributed by atoms with Crippen molar-refractivity contribution in [2.75, 3.05) is 29.9 Å². The number of anilines is 2. The lowest BCUT2D eigenvalue weighted by molar-refractivity contribution is -0.118. The number of carbonyl (C=O) groups is 1. The van der Waals surface area contributed by atoms with E-state index in [4.69, 9.17) is 10.00 Å². The summed E-state index contributed by atoms with van der Waals surface area (Å²) in [4.78, 5) is 23.3. The Morgan fingerprint density at radius 3 is 2.85 bits per heavy atom. The number of rotatable bonds is 5. The van der Waals surface area contributed by atoms with Crippen molar-refractivity contribution in [3.05, 3.63) is 41.6 Å². The van der Waals surface area contributed by atoms with Crippen LogP contribution in [0, 0.1) is 24.2 Å². The van der Waals surface area contributed by atoms with Gasteiger partial charge in [-0.3, -0.25) is 4.79 Å². The number of nitrogens with zero attached hydrogens (tertiary/aromatic N) is 4. The van der Waals surface area contributed by atoms with Crippen LogP contribution in [0.2, 0.25) is 0 Å². The number of aromatic nitrogens is 2. The molecule has 0 spiro atoms. The molecular weight excluding hydrogens is 342 g/mol. The van der Waals surface area contributed by atoms with Gasteiger partial charge in [0, 0.05) is 30.5 Å². The van der Waals surface area contributed by atoms with Crippen LogP contribution in [0.1, 0.15) is 31.0 Å². The standard InChI is InChI=1S/C20H23N5O2/c1-14-4-3-9-25(12-14)20-22-15(2)10-19(24-20)27-13-18(26)23-17-7-5-16(11-21)6-8-17/h5-8,10,14H,3-4,9,12-13H2,1-2H3,(H,23,26)/t14-/m0/s1. The van der Waals surface area contributed by atoms with E-state index < -0.39 is 0 Å². The first-order valence-electron chi connectivity index (χ1n) is 9.07. The van der Waals surface area contributed by atoms with Gasteiger partial charge in [-0.05, 0) is 49.9 Å². The Morgan fingerprint density at radius 2 is 2.15 bits per heavy atom. The third-order valence-electron chi connectivity index (χ3n) is 4.41. The van der Waals surface area contributed by atoms with Gasteiger partial charge >= 0.3 is 0 Å². The van der Waals surface area contributed by atoms with Gasteiger partial charge in [-0.2, -0.15) is 10.2 Å². The highest BCUT2D eigenvalue weighted by atomic mass is 16.5. The molecular formula is C20H23N5O2. The van der Waals surface area contributed by atoms with Gasteiger partial charge in [-0.25, -0.2) is 4.98 Å². The van der Waals surface area contributed by atoms with Crippen LogP contribution in [0.25, 0.3) is 0 Å². The topological polar surface area (TPSA) is 91.1 Å². The van der Waals surface area contributed by atoms with Crippen molar-refractivity contribution in [1.82, 2.24) is 9.97 Å². The number of benzene rings is 1. The molecule has 1 aromatic carbocycles. The van der Waals surface area contributed by atoms with E-state index in [2.05, 4.69) is 27.1 Å². The molecule has 7 heteroatoms. The quantitative estimate of drug-likeness (QED) is 0.876.